The Morgan fingerprint density at radius 3 is 2.48 bits per heavy atom. The minimum Gasteiger partial charge on any atom is -0.449 e. The molecule has 8 heteroatoms. The Labute approximate surface area is 176 Å². The van der Waals surface area contributed by atoms with Crippen molar-refractivity contribution in [1.29, 1.82) is 0 Å². The molecule has 0 spiro atoms. The summed E-state index contributed by atoms with van der Waals surface area (Å²) in [5.41, 5.74) is 1.04. The fourth-order valence-electron chi connectivity index (χ4n) is 3.61. The first-order valence-corrected chi connectivity index (χ1v) is 10.6. The molecule has 0 aromatic heterocycles. The second kappa shape index (κ2) is 9.48. The van der Waals surface area contributed by atoms with Crippen molar-refractivity contribution in [2.45, 2.75) is 33.1 Å². The van der Waals surface area contributed by atoms with Crippen LogP contribution in [0.4, 0.5) is 10.5 Å². The highest BCUT2D eigenvalue weighted by molar-refractivity contribution is 6.31. The molecule has 0 saturated carbocycles. The van der Waals surface area contributed by atoms with E-state index in [0.717, 1.165) is 6.42 Å². The minimum atomic E-state index is -0.331. The first-order valence-electron chi connectivity index (χ1n) is 10.2. The maximum Gasteiger partial charge on any atom is 0.409 e. The van der Waals surface area contributed by atoms with E-state index in [-0.39, 0.29) is 23.8 Å². The van der Waals surface area contributed by atoms with Crippen LogP contribution in [-0.4, -0.2) is 67.0 Å². The van der Waals surface area contributed by atoms with E-state index in [2.05, 4.69) is 0 Å². The number of nitrogens with zero attached hydrogens (tertiary/aromatic N) is 3. The van der Waals surface area contributed by atoms with Gasteiger partial charge in [-0.3, -0.25) is 9.59 Å². The van der Waals surface area contributed by atoms with Crippen LogP contribution in [0.1, 0.15) is 43.5 Å². The van der Waals surface area contributed by atoms with Crippen LogP contribution in [0.25, 0.3) is 0 Å². The molecule has 2 saturated heterocycles. The second-order valence-corrected chi connectivity index (χ2v) is 8.35. The number of benzene rings is 1. The normalized spacial score (nSPS) is 17.7. The van der Waals surface area contributed by atoms with Gasteiger partial charge in [0.2, 0.25) is 5.91 Å². The molecular weight excluding hydrogens is 394 g/mol. The zero-order valence-electron chi connectivity index (χ0n) is 17.0. The molecule has 3 amide bonds. The highest BCUT2D eigenvalue weighted by atomic mass is 35.5. The van der Waals surface area contributed by atoms with Gasteiger partial charge in [-0.05, 0) is 37.0 Å². The topological polar surface area (TPSA) is 70.2 Å². The molecule has 0 unspecified atom stereocenters. The molecule has 158 valence electrons. The van der Waals surface area contributed by atoms with Gasteiger partial charge in [0, 0.05) is 44.2 Å². The smallest absolute Gasteiger partial charge is 0.409 e. The van der Waals surface area contributed by atoms with Gasteiger partial charge >= 0.3 is 6.09 Å². The summed E-state index contributed by atoms with van der Waals surface area (Å²) in [6.45, 7) is 6.90. The number of anilines is 1. The van der Waals surface area contributed by atoms with Gasteiger partial charge < -0.3 is 19.4 Å². The van der Waals surface area contributed by atoms with Gasteiger partial charge in [-0.2, -0.15) is 0 Å². The van der Waals surface area contributed by atoms with Gasteiger partial charge in [0.15, 0.2) is 0 Å². The summed E-state index contributed by atoms with van der Waals surface area (Å²) in [5.74, 6) is 0.144. The van der Waals surface area contributed by atoms with E-state index in [0.29, 0.717) is 68.4 Å². The Bertz CT molecular complexity index is 783. The van der Waals surface area contributed by atoms with E-state index in [9.17, 15) is 14.4 Å². The maximum atomic E-state index is 13.2. The molecule has 0 aliphatic carbocycles. The first kappa shape index (κ1) is 21.4. The van der Waals surface area contributed by atoms with Gasteiger partial charge in [-0.15, -0.1) is 0 Å². The van der Waals surface area contributed by atoms with Crippen LogP contribution < -0.4 is 4.90 Å². The lowest BCUT2D eigenvalue weighted by Crippen LogP contribution is -2.38. The summed E-state index contributed by atoms with van der Waals surface area (Å²) in [5, 5.41) is 0.492. The van der Waals surface area contributed by atoms with Crippen LogP contribution in [0.5, 0.6) is 0 Å². The van der Waals surface area contributed by atoms with Crippen LogP contribution in [0.15, 0.2) is 18.2 Å². The Morgan fingerprint density at radius 1 is 1.07 bits per heavy atom. The van der Waals surface area contributed by atoms with Gasteiger partial charge in [0.1, 0.15) is 0 Å². The van der Waals surface area contributed by atoms with Crippen molar-refractivity contribution in [2.24, 2.45) is 5.92 Å². The van der Waals surface area contributed by atoms with E-state index in [1.165, 1.54) is 0 Å². The van der Waals surface area contributed by atoms with E-state index < -0.39 is 0 Å². The molecule has 7 nitrogen and oxygen atoms in total. The molecule has 1 aromatic carbocycles. The lowest BCUT2D eigenvalue weighted by atomic mass is 10.1. The van der Waals surface area contributed by atoms with Crippen LogP contribution in [-0.2, 0) is 9.53 Å². The summed E-state index contributed by atoms with van der Waals surface area (Å²) in [6.07, 6.45) is 1.60. The molecule has 3 rings (SSSR count). The number of amides is 3. The van der Waals surface area contributed by atoms with Gasteiger partial charge in [0.05, 0.1) is 17.9 Å². The fourth-order valence-corrected chi connectivity index (χ4v) is 3.78. The summed E-state index contributed by atoms with van der Waals surface area (Å²) in [7, 11) is 0. The first-order chi connectivity index (χ1) is 13.9. The summed E-state index contributed by atoms with van der Waals surface area (Å²) >= 11 is 6.14. The van der Waals surface area contributed by atoms with Crippen LogP contribution in [0.3, 0.4) is 0 Å². The molecule has 2 aliphatic heterocycles. The molecular formula is C21H28ClN3O4. The lowest BCUT2D eigenvalue weighted by molar-refractivity contribution is -0.117. The third-order valence-corrected chi connectivity index (χ3v) is 5.37. The molecule has 2 fully saturated rings. The highest BCUT2D eigenvalue weighted by Gasteiger charge is 2.29. The Morgan fingerprint density at radius 2 is 1.79 bits per heavy atom. The van der Waals surface area contributed by atoms with Crippen molar-refractivity contribution in [3.63, 3.8) is 0 Å². The molecule has 0 radical (unpaired) electrons. The van der Waals surface area contributed by atoms with Crippen LogP contribution in [0, 0.1) is 5.92 Å². The largest absolute Gasteiger partial charge is 0.449 e. The van der Waals surface area contributed by atoms with Crippen LogP contribution >= 0.6 is 11.6 Å². The zero-order valence-corrected chi connectivity index (χ0v) is 17.8. The van der Waals surface area contributed by atoms with Crippen molar-refractivity contribution >= 4 is 35.2 Å². The van der Waals surface area contributed by atoms with E-state index in [4.69, 9.17) is 16.3 Å². The van der Waals surface area contributed by atoms with Crippen LogP contribution in [0.2, 0.25) is 5.02 Å². The fraction of sp³-hybridized carbons (Fsp3) is 0.571. The van der Waals surface area contributed by atoms with E-state index in [1.807, 2.05) is 13.8 Å². The second-order valence-electron chi connectivity index (χ2n) is 7.91. The predicted molar refractivity (Wildman–Crippen MR) is 111 cm³/mol. The summed E-state index contributed by atoms with van der Waals surface area (Å²) in [6, 6.07) is 5.04. The molecule has 2 aliphatic rings. The van der Waals surface area contributed by atoms with Gasteiger partial charge in [-0.1, -0.05) is 25.4 Å². The number of halogens is 1. The Hall–Kier alpha value is -2.28. The van der Waals surface area contributed by atoms with Gasteiger partial charge in [-0.25, -0.2) is 4.79 Å². The van der Waals surface area contributed by atoms with Gasteiger partial charge in [0.25, 0.3) is 5.91 Å². The standard InChI is InChI=1S/C21H28ClN3O4/c1-15(2)14-29-21(28)24-9-4-8-23(11-12-24)20(27)17-7-6-16(22)13-18(17)25-10-3-5-19(25)26/h6-7,13,15H,3-5,8-12,14H2,1-2H3. The van der Waals surface area contributed by atoms with Crippen molar-refractivity contribution in [1.82, 2.24) is 9.80 Å². The average molecular weight is 422 g/mol. The number of ether oxygens (including phenoxy) is 1. The van der Waals surface area contributed by atoms with Crippen molar-refractivity contribution in [2.75, 3.05) is 44.2 Å². The highest BCUT2D eigenvalue weighted by Crippen LogP contribution is 2.30. The molecule has 29 heavy (non-hydrogen) atoms. The number of hydrogen-bond acceptors (Lipinski definition) is 4. The molecule has 0 N–H and O–H groups in total. The average Bonchev–Trinajstić information content (AvgIpc) is 2.96. The quantitative estimate of drug-likeness (QED) is 0.747. The monoisotopic (exact) mass is 421 g/mol. The summed E-state index contributed by atoms with van der Waals surface area (Å²) < 4.78 is 5.32. The lowest BCUT2D eigenvalue weighted by Gasteiger charge is -2.25. The maximum absolute atomic E-state index is 13.2. The van der Waals surface area contributed by atoms with E-state index >= 15 is 0 Å². The Balaban J connectivity index is 1.71. The van der Waals surface area contributed by atoms with Crippen molar-refractivity contribution in [3.05, 3.63) is 28.8 Å². The van der Waals surface area contributed by atoms with Crippen molar-refractivity contribution in [3.8, 4) is 0 Å². The number of carbonyl (C=O) groups is 3. The predicted octanol–water partition coefficient (Wildman–Crippen LogP) is 3.41. The third-order valence-electron chi connectivity index (χ3n) is 5.14. The number of carbonyl (C=O) groups excluding carboxylic acids is 3. The third kappa shape index (κ3) is 5.21. The number of rotatable bonds is 4. The molecule has 2 heterocycles. The molecule has 0 bridgehead atoms. The SMILES string of the molecule is CC(C)COC(=O)N1CCCN(C(=O)c2ccc(Cl)cc2N2CCCC2=O)CC1. The summed E-state index contributed by atoms with van der Waals surface area (Å²) in [4.78, 5) is 42.8. The minimum absolute atomic E-state index is 0.0104. The molecule has 1 aromatic rings. The molecule has 0 atom stereocenters. The zero-order chi connectivity index (χ0) is 21.0. The number of hydrogen-bond donors (Lipinski definition) is 0. The van der Waals surface area contributed by atoms with E-state index in [1.54, 1.807) is 32.9 Å². The van der Waals surface area contributed by atoms with Crippen molar-refractivity contribution < 1.29 is 19.1 Å². The Kier molecular flexibility index (Phi) is 7.00.